The highest BCUT2D eigenvalue weighted by Gasteiger charge is 2.02. The van der Waals surface area contributed by atoms with Crippen molar-refractivity contribution in [3.8, 4) is 5.75 Å². The number of pyridine rings is 1. The molecule has 0 fully saturated rings. The van der Waals surface area contributed by atoms with Crippen LogP contribution in [0.4, 0.5) is 4.39 Å². The minimum atomic E-state index is -0.582. The van der Waals surface area contributed by atoms with E-state index in [1.807, 2.05) is 0 Å². The Morgan fingerprint density at radius 3 is 3.00 bits per heavy atom. The van der Waals surface area contributed by atoms with Gasteiger partial charge in [0.05, 0.1) is 6.20 Å². The maximum atomic E-state index is 12.5. The highest BCUT2D eigenvalue weighted by Crippen LogP contribution is 2.07. The van der Waals surface area contributed by atoms with Crippen molar-refractivity contribution in [3.63, 3.8) is 0 Å². The van der Waals surface area contributed by atoms with Gasteiger partial charge in [-0.05, 0) is 18.6 Å². The fraction of sp³-hybridized carbons (Fsp3) is 0.455. The molecule has 94 valence electrons. The molecule has 0 atom stereocenters. The van der Waals surface area contributed by atoms with Crippen molar-refractivity contribution in [2.45, 2.75) is 6.42 Å². The minimum Gasteiger partial charge on any atom is -0.482 e. The Kier molecular flexibility index (Phi) is 5.95. The second kappa shape index (κ2) is 7.56. The Labute approximate surface area is 98.9 Å². The van der Waals surface area contributed by atoms with Gasteiger partial charge in [-0.2, -0.15) is 4.39 Å². The zero-order valence-electron chi connectivity index (χ0n) is 9.61. The third-order valence-electron chi connectivity index (χ3n) is 1.92. The molecule has 1 aromatic rings. The number of halogens is 1. The van der Waals surface area contributed by atoms with Gasteiger partial charge in [0.25, 0.3) is 5.91 Å². The summed E-state index contributed by atoms with van der Waals surface area (Å²) in [5.41, 5.74) is 0. The van der Waals surface area contributed by atoms with Gasteiger partial charge in [-0.1, -0.05) is 0 Å². The Hall–Kier alpha value is -1.69. The molecule has 5 nitrogen and oxygen atoms in total. The van der Waals surface area contributed by atoms with Crippen LogP contribution in [0.5, 0.6) is 5.75 Å². The lowest BCUT2D eigenvalue weighted by molar-refractivity contribution is -0.123. The molecule has 0 aromatic carbocycles. The fourth-order valence-corrected chi connectivity index (χ4v) is 1.09. The first-order valence-electron chi connectivity index (χ1n) is 5.22. The van der Waals surface area contributed by atoms with E-state index in [1.54, 1.807) is 7.11 Å². The molecule has 1 heterocycles. The van der Waals surface area contributed by atoms with Crippen molar-refractivity contribution in [1.29, 1.82) is 0 Å². The van der Waals surface area contributed by atoms with Gasteiger partial charge in [-0.3, -0.25) is 4.79 Å². The number of hydrogen-bond acceptors (Lipinski definition) is 4. The van der Waals surface area contributed by atoms with Crippen LogP contribution in [-0.4, -0.2) is 37.8 Å². The number of ether oxygens (including phenoxy) is 2. The van der Waals surface area contributed by atoms with Crippen LogP contribution in [0.1, 0.15) is 6.42 Å². The van der Waals surface area contributed by atoms with E-state index in [-0.39, 0.29) is 12.5 Å². The predicted molar refractivity (Wildman–Crippen MR) is 59.2 cm³/mol. The summed E-state index contributed by atoms with van der Waals surface area (Å²) in [5, 5.41) is 2.66. The van der Waals surface area contributed by atoms with E-state index in [1.165, 1.54) is 18.3 Å². The lowest BCUT2D eigenvalue weighted by Crippen LogP contribution is -2.30. The van der Waals surface area contributed by atoms with Gasteiger partial charge in [0, 0.05) is 20.3 Å². The molecule has 1 aromatic heterocycles. The largest absolute Gasteiger partial charge is 0.482 e. The Morgan fingerprint density at radius 2 is 2.35 bits per heavy atom. The number of amides is 1. The highest BCUT2D eigenvalue weighted by molar-refractivity contribution is 5.77. The summed E-state index contributed by atoms with van der Waals surface area (Å²) in [7, 11) is 1.60. The summed E-state index contributed by atoms with van der Waals surface area (Å²) < 4.78 is 22.4. The van der Waals surface area contributed by atoms with Crippen LogP contribution in [0.2, 0.25) is 0 Å². The number of nitrogens with zero attached hydrogens (tertiary/aromatic N) is 1. The fourth-order valence-electron chi connectivity index (χ4n) is 1.09. The Morgan fingerprint density at radius 1 is 1.53 bits per heavy atom. The first-order chi connectivity index (χ1) is 8.22. The van der Waals surface area contributed by atoms with Crippen LogP contribution < -0.4 is 10.1 Å². The molecule has 0 saturated heterocycles. The van der Waals surface area contributed by atoms with Gasteiger partial charge >= 0.3 is 0 Å². The molecular formula is C11H15FN2O3. The SMILES string of the molecule is COCCCNC(=O)COc1ccc(F)nc1. The average molecular weight is 242 g/mol. The van der Waals surface area contributed by atoms with Gasteiger partial charge in [0.1, 0.15) is 5.75 Å². The van der Waals surface area contributed by atoms with Crippen LogP contribution in [0, 0.1) is 5.95 Å². The first-order valence-corrected chi connectivity index (χ1v) is 5.22. The van der Waals surface area contributed by atoms with Crippen molar-refractivity contribution in [1.82, 2.24) is 10.3 Å². The lowest BCUT2D eigenvalue weighted by Gasteiger charge is -2.06. The summed E-state index contributed by atoms with van der Waals surface area (Å²) >= 11 is 0. The number of methoxy groups -OCH3 is 1. The van der Waals surface area contributed by atoms with E-state index in [0.717, 1.165) is 6.42 Å². The third-order valence-corrected chi connectivity index (χ3v) is 1.92. The zero-order valence-corrected chi connectivity index (χ0v) is 9.61. The standard InChI is InChI=1S/C11H15FN2O3/c1-16-6-2-5-13-11(15)8-17-9-3-4-10(12)14-7-9/h3-4,7H,2,5-6,8H2,1H3,(H,13,15). The maximum absolute atomic E-state index is 12.5. The van der Waals surface area contributed by atoms with Gasteiger partial charge in [0.15, 0.2) is 6.61 Å². The Bertz CT molecular complexity index is 343. The van der Waals surface area contributed by atoms with Crippen molar-refractivity contribution < 1.29 is 18.7 Å². The molecule has 0 bridgehead atoms. The lowest BCUT2D eigenvalue weighted by atomic mass is 10.4. The van der Waals surface area contributed by atoms with Crippen molar-refractivity contribution in [2.75, 3.05) is 26.9 Å². The van der Waals surface area contributed by atoms with E-state index < -0.39 is 5.95 Å². The van der Waals surface area contributed by atoms with Crippen LogP contribution >= 0.6 is 0 Å². The van der Waals surface area contributed by atoms with Gasteiger partial charge in [-0.25, -0.2) is 4.98 Å². The maximum Gasteiger partial charge on any atom is 0.257 e. The van der Waals surface area contributed by atoms with E-state index in [2.05, 4.69) is 10.3 Å². The average Bonchev–Trinajstić information content (AvgIpc) is 2.34. The molecule has 0 spiro atoms. The molecule has 0 saturated carbocycles. The Balaban J connectivity index is 2.17. The summed E-state index contributed by atoms with van der Waals surface area (Å²) in [5.74, 6) is -0.453. The van der Waals surface area contributed by atoms with E-state index in [4.69, 9.17) is 9.47 Å². The normalized spacial score (nSPS) is 10.0. The summed E-state index contributed by atoms with van der Waals surface area (Å²) in [6.07, 6.45) is 1.98. The predicted octanol–water partition coefficient (Wildman–Crippen LogP) is 0.752. The molecule has 1 amide bonds. The topological polar surface area (TPSA) is 60.5 Å². The molecular weight excluding hydrogens is 227 g/mol. The van der Waals surface area contributed by atoms with Crippen molar-refractivity contribution in [3.05, 3.63) is 24.3 Å². The minimum absolute atomic E-state index is 0.111. The number of carbonyl (C=O) groups is 1. The quantitative estimate of drug-likeness (QED) is 0.566. The third kappa shape index (κ3) is 5.82. The van der Waals surface area contributed by atoms with Gasteiger partial charge in [-0.15, -0.1) is 0 Å². The van der Waals surface area contributed by atoms with Crippen LogP contribution in [-0.2, 0) is 9.53 Å². The zero-order chi connectivity index (χ0) is 12.5. The highest BCUT2D eigenvalue weighted by atomic mass is 19.1. The molecule has 0 aliphatic rings. The molecule has 1 N–H and O–H groups in total. The van der Waals surface area contributed by atoms with Gasteiger partial charge in [0.2, 0.25) is 5.95 Å². The van der Waals surface area contributed by atoms with Crippen molar-refractivity contribution >= 4 is 5.91 Å². The number of hydrogen-bond donors (Lipinski definition) is 1. The number of nitrogens with one attached hydrogen (secondary N) is 1. The molecule has 6 heteroatoms. The van der Waals surface area contributed by atoms with Crippen LogP contribution in [0.3, 0.4) is 0 Å². The molecule has 0 aliphatic heterocycles. The van der Waals surface area contributed by atoms with Crippen LogP contribution in [0.15, 0.2) is 18.3 Å². The first kappa shape index (κ1) is 13.4. The number of aromatic nitrogens is 1. The second-order valence-electron chi connectivity index (χ2n) is 3.30. The number of carbonyl (C=O) groups excluding carboxylic acids is 1. The van der Waals surface area contributed by atoms with Crippen molar-refractivity contribution in [2.24, 2.45) is 0 Å². The molecule has 17 heavy (non-hydrogen) atoms. The number of rotatable bonds is 7. The second-order valence-corrected chi connectivity index (χ2v) is 3.30. The smallest absolute Gasteiger partial charge is 0.257 e. The van der Waals surface area contributed by atoms with Gasteiger partial charge < -0.3 is 14.8 Å². The molecule has 1 rings (SSSR count). The summed E-state index contributed by atoms with van der Waals surface area (Å²) in [6.45, 7) is 1.03. The molecule has 0 radical (unpaired) electrons. The van der Waals surface area contributed by atoms with E-state index in [0.29, 0.717) is 18.9 Å². The van der Waals surface area contributed by atoms with E-state index >= 15 is 0 Å². The van der Waals surface area contributed by atoms with E-state index in [9.17, 15) is 9.18 Å². The summed E-state index contributed by atoms with van der Waals surface area (Å²) in [4.78, 5) is 14.7. The summed E-state index contributed by atoms with van der Waals surface area (Å²) in [6, 6.07) is 2.59. The van der Waals surface area contributed by atoms with Crippen LogP contribution in [0.25, 0.3) is 0 Å². The molecule has 0 aliphatic carbocycles. The monoisotopic (exact) mass is 242 g/mol. The molecule has 0 unspecified atom stereocenters.